The zero-order valence-electron chi connectivity index (χ0n) is 10.9. The average molecular weight is 225 g/mol. The fourth-order valence-electron chi connectivity index (χ4n) is 3.29. The van der Waals surface area contributed by atoms with E-state index in [0.29, 0.717) is 5.41 Å². The van der Waals surface area contributed by atoms with E-state index in [1.807, 2.05) is 0 Å². The van der Waals surface area contributed by atoms with E-state index in [4.69, 9.17) is 5.73 Å². The van der Waals surface area contributed by atoms with Crippen LogP contribution in [0.2, 0.25) is 0 Å². The standard InChI is InChI=1S/C13H27N3/c1-12(2)9-15-6-3-13(4-7-15)10-16(11-13)8-5-14/h12H,3-11,14H2,1-2H3. The van der Waals surface area contributed by atoms with Gasteiger partial charge in [0.25, 0.3) is 0 Å². The van der Waals surface area contributed by atoms with E-state index in [9.17, 15) is 0 Å². The molecule has 0 unspecified atom stereocenters. The SMILES string of the molecule is CC(C)CN1CCC2(CC1)CN(CCN)C2. The van der Waals surface area contributed by atoms with Crippen molar-refractivity contribution < 1.29 is 0 Å². The third-order valence-corrected chi connectivity index (χ3v) is 4.10. The molecule has 2 heterocycles. The van der Waals surface area contributed by atoms with Gasteiger partial charge >= 0.3 is 0 Å². The zero-order chi connectivity index (χ0) is 11.6. The Morgan fingerprint density at radius 1 is 1.12 bits per heavy atom. The van der Waals surface area contributed by atoms with Gasteiger partial charge in [-0.3, -0.25) is 0 Å². The number of hydrogen-bond acceptors (Lipinski definition) is 3. The van der Waals surface area contributed by atoms with Gasteiger partial charge in [0.05, 0.1) is 0 Å². The third kappa shape index (κ3) is 2.76. The van der Waals surface area contributed by atoms with Crippen LogP contribution in [0.5, 0.6) is 0 Å². The van der Waals surface area contributed by atoms with E-state index >= 15 is 0 Å². The molecule has 3 heteroatoms. The van der Waals surface area contributed by atoms with Gasteiger partial charge in [0.1, 0.15) is 0 Å². The Kier molecular flexibility index (Phi) is 3.88. The molecule has 0 aromatic rings. The topological polar surface area (TPSA) is 32.5 Å². The first-order chi connectivity index (χ1) is 7.63. The molecule has 0 aliphatic carbocycles. The molecule has 94 valence electrons. The highest BCUT2D eigenvalue weighted by atomic mass is 15.2. The Bertz CT molecular complexity index is 211. The van der Waals surface area contributed by atoms with Crippen LogP contribution in [0.3, 0.4) is 0 Å². The van der Waals surface area contributed by atoms with Gasteiger partial charge in [-0.15, -0.1) is 0 Å². The largest absolute Gasteiger partial charge is 0.329 e. The Hall–Kier alpha value is -0.120. The monoisotopic (exact) mass is 225 g/mol. The summed E-state index contributed by atoms with van der Waals surface area (Å²) in [6, 6.07) is 0. The minimum absolute atomic E-state index is 0.669. The molecule has 2 saturated heterocycles. The molecule has 0 atom stereocenters. The van der Waals surface area contributed by atoms with Crippen molar-refractivity contribution in [3.05, 3.63) is 0 Å². The smallest absolute Gasteiger partial charge is 0.0105 e. The van der Waals surface area contributed by atoms with Crippen LogP contribution in [0, 0.1) is 11.3 Å². The Morgan fingerprint density at radius 2 is 1.75 bits per heavy atom. The minimum Gasteiger partial charge on any atom is -0.329 e. The summed E-state index contributed by atoms with van der Waals surface area (Å²) in [5.74, 6) is 0.809. The van der Waals surface area contributed by atoms with Crippen molar-refractivity contribution in [2.75, 3.05) is 45.8 Å². The van der Waals surface area contributed by atoms with Gasteiger partial charge in [0.15, 0.2) is 0 Å². The molecule has 0 saturated carbocycles. The maximum Gasteiger partial charge on any atom is 0.0105 e. The van der Waals surface area contributed by atoms with Crippen molar-refractivity contribution in [2.45, 2.75) is 26.7 Å². The first-order valence-corrected chi connectivity index (χ1v) is 6.78. The quantitative estimate of drug-likeness (QED) is 0.775. The van der Waals surface area contributed by atoms with Gasteiger partial charge in [-0.2, -0.15) is 0 Å². The van der Waals surface area contributed by atoms with E-state index in [1.165, 1.54) is 45.6 Å². The lowest BCUT2D eigenvalue weighted by Crippen LogP contribution is -2.61. The molecule has 0 amide bonds. The molecule has 1 spiro atoms. The van der Waals surface area contributed by atoms with E-state index in [0.717, 1.165) is 19.0 Å². The summed E-state index contributed by atoms with van der Waals surface area (Å²) in [6.07, 6.45) is 2.81. The molecule has 0 radical (unpaired) electrons. The van der Waals surface area contributed by atoms with Crippen LogP contribution in [0.4, 0.5) is 0 Å². The lowest BCUT2D eigenvalue weighted by Gasteiger charge is -2.54. The normalized spacial score (nSPS) is 26.2. The number of likely N-dealkylation sites (tertiary alicyclic amines) is 2. The van der Waals surface area contributed by atoms with Crippen LogP contribution < -0.4 is 5.73 Å². The molecular formula is C13H27N3. The number of hydrogen-bond donors (Lipinski definition) is 1. The highest BCUT2D eigenvalue weighted by molar-refractivity contribution is 4.98. The van der Waals surface area contributed by atoms with Gasteiger partial charge in [-0.25, -0.2) is 0 Å². The van der Waals surface area contributed by atoms with Crippen molar-refractivity contribution in [3.8, 4) is 0 Å². The average Bonchev–Trinajstić information content (AvgIpc) is 2.18. The van der Waals surface area contributed by atoms with Crippen LogP contribution in [0.15, 0.2) is 0 Å². The lowest BCUT2D eigenvalue weighted by atomic mass is 9.72. The van der Waals surface area contributed by atoms with Crippen LogP contribution in [0.1, 0.15) is 26.7 Å². The predicted octanol–water partition coefficient (Wildman–Crippen LogP) is 0.999. The molecule has 0 aromatic carbocycles. The highest BCUT2D eigenvalue weighted by Gasteiger charge is 2.43. The summed E-state index contributed by atoms with van der Waals surface area (Å²) in [4.78, 5) is 5.15. The van der Waals surface area contributed by atoms with E-state index in [2.05, 4.69) is 23.6 Å². The van der Waals surface area contributed by atoms with Gasteiger partial charge in [-0.05, 0) is 37.3 Å². The summed E-state index contributed by atoms with van der Waals surface area (Å²) in [6.45, 7) is 13.1. The third-order valence-electron chi connectivity index (χ3n) is 4.10. The van der Waals surface area contributed by atoms with Crippen molar-refractivity contribution in [1.29, 1.82) is 0 Å². The van der Waals surface area contributed by atoms with Crippen molar-refractivity contribution in [2.24, 2.45) is 17.1 Å². The van der Waals surface area contributed by atoms with Gasteiger partial charge in [-0.1, -0.05) is 13.8 Å². The molecular weight excluding hydrogens is 198 g/mol. The number of nitrogens with zero attached hydrogens (tertiary/aromatic N) is 2. The van der Waals surface area contributed by atoms with Gasteiger partial charge < -0.3 is 15.5 Å². The minimum atomic E-state index is 0.669. The molecule has 2 aliphatic rings. The van der Waals surface area contributed by atoms with E-state index < -0.39 is 0 Å². The molecule has 2 aliphatic heterocycles. The summed E-state index contributed by atoms with van der Waals surface area (Å²) >= 11 is 0. The number of rotatable bonds is 4. The number of nitrogens with two attached hydrogens (primary N) is 1. The first kappa shape index (κ1) is 12.3. The first-order valence-electron chi connectivity index (χ1n) is 6.78. The molecule has 0 aromatic heterocycles. The van der Waals surface area contributed by atoms with E-state index in [1.54, 1.807) is 0 Å². The maximum absolute atomic E-state index is 5.58. The fraction of sp³-hybridized carbons (Fsp3) is 1.00. The fourth-order valence-corrected chi connectivity index (χ4v) is 3.29. The summed E-state index contributed by atoms with van der Waals surface area (Å²) < 4.78 is 0. The van der Waals surface area contributed by atoms with Crippen LogP contribution in [0.25, 0.3) is 0 Å². The Labute approximate surface area is 100.0 Å². The molecule has 2 N–H and O–H groups in total. The maximum atomic E-state index is 5.58. The highest BCUT2D eigenvalue weighted by Crippen LogP contribution is 2.40. The van der Waals surface area contributed by atoms with Crippen molar-refractivity contribution in [1.82, 2.24) is 9.80 Å². The van der Waals surface area contributed by atoms with Gasteiger partial charge in [0, 0.05) is 32.7 Å². The molecule has 2 fully saturated rings. The second kappa shape index (κ2) is 5.03. The molecule has 2 rings (SSSR count). The summed E-state index contributed by atoms with van der Waals surface area (Å²) in [5, 5.41) is 0. The van der Waals surface area contributed by atoms with Crippen LogP contribution in [-0.4, -0.2) is 55.6 Å². The Balaban J connectivity index is 1.70. The Morgan fingerprint density at radius 3 is 2.25 bits per heavy atom. The van der Waals surface area contributed by atoms with Crippen molar-refractivity contribution in [3.63, 3.8) is 0 Å². The van der Waals surface area contributed by atoms with Gasteiger partial charge in [0.2, 0.25) is 0 Å². The summed E-state index contributed by atoms with van der Waals surface area (Å²) in [5.41, 5.74) is 6.25. The second-order valence-electron chi connectivity index (χ2n) is 6.19. The van der Waals surface area contributed by atoms with Crippen molar-refractivity contribution >= 4 is 0 Å². The second-order valence-corrected chi connectivity index (χ2v) is 6.19. The predicted molar refractivity (Wildman–Crippen MR) is 68.4 cm³/mol. The lowest BCUT2D eigenvalue weighted by molar-refractivity contribution is -0.0459. The molecule has 16 heavy (non-hydrogen) atoms. The molecule has 0 bridgehead atoms. The summed E-state index contributed by atoms with van der Waals surface area (Å²) in [7, 11) is 0. The van der Waals surface area contributed by atoms with Crippen LogP contribution in [-0.2, 0) is 0 Å². The van der Waals surface area contributed by atoms with E-state index in [-0.39, 0.29) is 0 Å². The number of piperidine rings is 1. The molecule has 3 nitrogen and oxygen atoms in total. The zero-order valence-corrected chi connectivity index (χ0v) is 10.9. The van der Waals surface area contributed by atoms with Crippen LogP contribution >= 0.6 is 0 Å².